The fourth-order valence-corrected chi connectivity index (χ4v) is 2.01. The second-order valence-electron chi connectivity index (χ2n) is 4.30. The van der Waals surface area contributed by atoms with Crippen LogP contribution in [0, 0.1) is 0 Å². The highest BCUT2D eigenvalue weighted by molar-refractivity contribution is 5.40. The van der Waals surface area contributed by atoms with Crippen LogP contribution in [-0.4, -0.2) is 18.4 Å². The first-order chi connectivity index (χ1) is 9.39. The lowest BCUT2D eigenvalue weighted by Gasteiger charge is -2.31. The van der Waals surface area contributed by atoms with E-state index in [1.807, 2.05) is 0 Å². The van der Waals surface area contributed by atoms with E-state index < -0.39 is 11.8 Å². The monoisotopic (exact) mass is 282 g/mol. The Bertz CT molecular complexity index is 564. The van der Waals surface area contributed by atoms with Crippen LogP contribution < -0.4 is 4.74 Å². The summed E-state index contributed by atoms with van der Waals surface area (Å²) in [5.74, 6) is 0.423. The van der Waals surface area contributed by atoms with Crippen molar-refractivity contribution in [1.82, 2.24) is 0 Å². The van der Waals surface area contributed by atoms with Gasteiger partial charge in [-0.2, -0.15) is 13.2 Å². The first kappa shape index (κ1) is 14.4. The molecular formula is C15H13F3O2. The zero-order valence-corrected chi connectivity index (χ0v) is 10.7. The number of alkyl halides is 3. The van der Waals surface area contributed by atoms with Crippen LogP contribution in [-0.2, 0) is 5.60 Å². The summed E-state index contributed by atoms with van der Waals surface area (Å²) in [5, 5.41) is 10.3. The van der Waals surface area contributed by atoms with Crippen LogP contribution in [0.1, 0.15) is 11.1 Å². The number of methoxy groups -OCH3 is 1. The Morgan fingerprint density at radius 3 is 1.80 bits per heavy atom. The van der Waals surface area contributed by atoms with Gasteiger partial charge in [-0.25, -0.2) is 0 Å². The minimum atomic E-state index is -4.83. The van der Waals surface area contributed by atoms with Crippen LogP contribution >= 0.6 is 0 Å². The van der Waals surface area contributed by atoms with Gasteiger partial charge in [-0.1, -0.05) is 42.5 Å². The molecule has 20 heavy (non-hydrogen) atoms. The average molecular weight is 282 g/mol. The molecule has 0 aromatic heterocycles. The molecule has 2 rings (SSSR count). The first-order valence-electron chi connectivity index (χ1n) is 5.88. The third-order valence-electron chi connectivity index (χ3n) is 3.11. The molecule has 0 saturated heterocycles. The van der Waals surface area contributed by atoms with E-state index in [2.05, 4.69) is 0 Å². The van der Waals surface area contributed by atoms with Crippen LogP contribution in [0.2, 0.25) is 0 Å². The van der Waals surface area contributed by atoms with E-state index in [-0.39, 0.29) is 11.1 Å². The van der Waals surface area contributed by atoms with Crippen molar-refractivity contribution in [3.8, 4) is 5.75 Å². The molecule has 2 aromatic carbocycles. The molecule has 2 nitrogen and oxygen atoms in total. The summed E-state index contributed by atoms with van der Waals surface area (Å²) in [5.41, 5.74) is -3.52. The second kappa shape index (κ2) is 5.17. The van der Waals surface area contributed by atoms with Gasteiger partial charge in [0.15, 0.2) is 0 Å². The minimum Gasteiger partial charge on any atom is -0.497 e. The van der Waals surface area contributed by atoms with Crippen molar-refractivity contribution >= 4 is 0 Å². The summed E-state index contributed by atoms with van der Waals surface area (Å²) in [6.07, 6.45) is -4.83. The molecule has 1 N–H and O–H groups in total. The SMILES string of the molecule is COc1ccc([C@](O)(c2ccccc2)C(F)(F)F)cc1. The van der Waals surface area contributed by atoms with Crippen molar-refractivity contribution in [3.63, 3.8) is 0 Å². The van der Waals surface area contributed by atoms with Crippen molar-refractivity contribution in [2.45, 2.75) is 11.8 Å². The Morgan fingerprint density at radius 1 is 0.850 bits per heavy atom. The maximum atomic E-state index is 13.4. The first-order valence-corrected chi connectivity index (χ1v) is 5.88. The van der Waals surface area contributed by atoms with Crippen LogP contribution in [0.5, 0.6) is 5.75 Å². The smallest absolute Gasteiger partial charge is 0.425 e. The predicted molar refractivity (Wildman–Crippen MR) is 68.5 cm³/mol. The van der Waals surface area contributed by atoms with Crippen LogP contribution in [0.25, 0.3) is 0 Å². The minimum absolute atomic E-state index is 0.224. The average Bonchev–Trinajstić information content (AvgIpc) is 2.46. The van der Waals surface area contributed by atoms with Gasteiger partial charge in [0.05, 0.1) is 7.11 Å². The topological polar surface area (TPSA) is 29.5 Å². The van der Waals surface area contributed by atoms with Crippen LogP contribution in [0.3, 0.4) is 0 Å². The molecule has 0 unspecified atom stereocenters. The highest BCUT2D eigenvalue weighted by atomic mass is 19.4. The standard InChI is InChI=1S/C15H13F3O2/c1-20-13-9-7-12(8-10-13)14(19,15(16,17)18)11-5-3-2-4-6-11/h2-10,19H,1H3/t14-/m1/s1. The number of benzene rings is 2. The Morgan fingerprint density at radius 2 is 1.35 bits per heavy atom. The largest absolute Gasteiger partial charge is 0.497 e. The van der Waals surface area contributed by atoms with Crippen molar-refractivity contribution < 1.29 is 23.0 Å². The van der Waals surface area contributed by atoms with E-state index in [1.165, 1.54) is 55.6 Å². The molecule has 0 amide bonds. The van der Waals surface area contributed by atoms with E-state index in [0.717, 1.165) is 0 Å². The number of hydrogen-bond donors (Lipinski definition) is 1. The van der Waals surface area contributed by atoms with Crippen LogP contribution in [0.4, 0.5) is 13.2 Å². The molecule has 0 heterocycles. The van der Waals surface area contributed by atoms with E-state index in [4.69, 9.17) is 4.74 Å². The van der Waals surface area contributed by atoms with E-state index >= 15 is 0 Å². The third kappa shape index (κ3) is 2.36. The van der Waals surface area contributed by atoms with Gasteiger partial charge in [-0.15, -0.1) is 0 Å². The highest BCUT2D eigenvalue weighted by Gasteiger charge is 2.56. The molecule has 0 aliphatic heterocycles. The molecule has 0 spiro atoms. The molecule has 1 atom stereocenters. The van der Waals surface area contributed by atoms with Gasteiger partial charge in [0.1, 0.15) is 5.75 Å². The maximum absolute atomic E-state index is 13.4. The summed E-state index contributed by atoms with van der Waals surface area (Å²) >= 11 is 0. The van der Waals surface area contributed by atoms with Gasteiger partial charge in [-0.3, -0.25) is 0 Å². The van der Waals surface area contributed by atoms with Crippen molar-refractivity contribution in [2.24, 2.45) is 0 Å². The Kier molecular flexibility index (Phi) is 3.72. The summed E-state index contributed by atoms with van der Waals surface area (Å²) < 4.78 is 45.0. The van der Waals surface area contributed by atoms with E-state index in [0.29, 0.717) is 5.75 Å². The molecule has 106 valence electrons. The zero-order chi connectivity index (χ0) is 14.8. The van der Waals surface area contributed by atoms with Crippen molar-refractivity contribution in [3.05, 3.63) is 65.7 Å². The van der Waals surface area contributed by atoms with E-state index in [1.54, 1.807) is 6.07 Å². The third-order valence-corrected chi connectivity index (χ3v) is 3.11. The lowest BCUT2D eigenvalue weighted by atomic mass is 9.85. The second-order valence-corrected chi connectivity index (χ2v) is 4.30. The molecular weight excluding hydrogens is 269 g/mol. The quantitative estimate of drug-likeness (QED) is 0.933. The van der Waals surface area contributed by atoms with Crippen LogP contribution in [0.15, 0.2) is 54.6 Å². The molecule has 0 radical (unpaired) electrons. The summed E-state index contributed by atoms with van der Waals surface area (Å²) in [6.45, 7) is 0. The summed E-state index contributed by atoms with van der Waals surface area (Å²) in [7, 11) is 1.42. The molecule has 2 aromatic rings. The van der Waals surface area contributed by atoms with Crippen molar-refractivity contribution in [1.29, 1.82) is 0 Å². The van der Waals surface area contributed by atoms with E-state index in [9.17, 15) is 18.3 Å². The molecule has 0 bridgehead atoms. The number of halogens is 3. The van der Waals surface area contributed by atoms with Gasteiger partial charge in [0.25, 0.3) is 0 Å². The summed E-state index contributed by atoms with van der Waals surface area (Å²) in [6, 6.07) is 12.2. The number of rotatable bonds is 3. The normalized spacial score (nSPS) is 14.7. The molecule has 0 saturated carbocycles. The lowest BCUT2D eigenvalue weighted by Crippen LogP contribution is -2.43. The highest BCUT2D eigenvalue weighted by Crippen LogP contribution is 2.44. The number of hydrogen-bond acceptors (Lipinski definition) is 2. The number of aliphatic hydroxyl groups is 1. The number of ether oxygens (including phenoxy) is 1. The maximum Gasteiger partial charge on any atom is 0.425 e. The molecule has 0 aliphatic rings. The van der Waals surface area contributed by atoms with Gasteiger partial charge in [0.2, 0.25) is 5.60 Å². The van der Waals surface area contributed by atoms with Gasteiger partial charge in [0, 0.05) is 0 Å². The predicted octanol–water partition coefficient (Wildman–Crippen LogP) is 3.49. The Balaban J connectivity index is 2.58. The fourth-order valence-electron chi connectivity index (χ4n) is 2.01. The summed E-state index contributed by atoms with van der Waals surface area (Å²) in [4.78, 5) is 0. The van der Waals surface area contributed by atoms with Gasteiger partial charge >= 0.3 is 6.18 Å². The Hall–Kier alpha value is -2.01. The van der Waals surface area contributed by atoms with Gasteiger partial charge in [-0.05, 0) is 23.3 Å². The van der Waals surface area contributed by atoms with Gasteiger partial charge < -0.3 is 9.84 Å². The molecule has 0 aliphatic carbocycles. The fraction of sp³-hybridized carbons (Fsp3) is 0.200. The lowest BCUT2D eigenvalue weighted by molar-refractivity contribution is -0.248. The molecule has 0 fully saturated rings. The molecule has 5 heteroatoms. The Labute approximate surface area is 114 Å². The zero-order valence-electron chi connectivity index (χ0n) is 10.7. The van der Waals surface area contributed by atoms with Crippen molar-refractivity contribution in [2.75, 3.05) is 7.11 Å².